The van der Waals surface area contributed by atoms with Crippen molar-refractivity contribution in [2.45, 2.75) is 19.4 Å². The molecule has 0 spiro atoms. The van der Waals surface area contributed by atoms with Gasteiger partial charge in [0.2, 0.25) is 5.91 Å². The fourth-order valence-corrected chi connectivity index (χ4v) is 2.02. The minimum absolute atomic E-state index is 0.107. The Bertz CT molecular complexity index is 617. The van der Waals surface area contributed by atoms with Crippen molar-refractivity contribution in [2.75, 3.05) is 18.5 Å². The molecule has 1 aliphatic heterocycles. The first-order chi connectivity index (χ1) is 9.39. The van der Waals surface area contributed by atoms with Crippen LogP contribution in [0.5, 0.6) is 5.75 Å². The molecule has 0 atom stereocenters. The molecule has 1 aliphatic rings. The first-order valence-electron chi connectivity index (χ1n) is 6.15. The van der Waals surface area contributed by atoms with Crippen molar-refractivity contribution in [3.05, 3.63) is 23.8 Å². The summed E-state index contributed by atoms with van der Waals surface area (Å²) < 4.78 is 5.64. The molecule has 1 heterocycles. The van der Waals surface area contributed by atoms with Gasteiger partial charge in [-0.2, -0.15) is 5.26 Å². The Kier molecular flexibility index (Phi) is 3.36. The molecule has 0 radical (unpaired) electrons. The highest BCUT2D eigenvalue weighted by molar-refractivity contribution is 6.05. The average Bonchev–Trinajstić information content (AvgIpc) is 2.43. The van der Waals surface area contributed by atoms with Gasteiger partial charge in [-0.25, -0.2) is 0 Å². The standard InChI is InChI=1S/C14H15N3O3/c1-14(2)13(19)17(8-12(18)16-3)10-6-9(7-15)4-5-11(10)20-14/h4-6H,8H2,1-3H3,(H,16,18). The van der Waals surface area contributed by atoms with Crippen molar-refractivity contribution < 1.29 is 14.3 Å². The van der Waals surface area contributed by atoms with Crippen LogP contribution in [0.15, 0.2) is 18.2 Å². The van der Waals surface area contributed by atoms with Crippen LogP contribution in [0.25, 0.3) is 0 Å². The molecule has 0 bridgehead atoms. The third-order valence-corrected chi connectivity index (χ3v) is 3.08. The molecule has 1 aromatic rings. The molecule has 20 heavy (non-hydrogen) atoms. The highest BCUT2D eigenvalue weighted by Gasteiger charge is 2.41. The monoisotopic (exact) mass is 273 g/mol. The van der Waals surface area contributed by atoms with Crippen molar-refractivity contribution in [3.8, 4) is 11.8 Å². The summed E-state index contributed by atoms with van der Waals surface area (Å²) in [5.74, 6) is -0.120. The second-order valence-corrected chi connectivity index (χ2v) is 4.97. The molecule has 104 valence electrons. The molecular weight excluding hydrogens is 258 g/mol. The normalized spacial score (nSPS) is 15.9. The smallest absolute Gasteiger partial charge is 0.271 e. The summed E-state index contributed by atoms with van der Waals surface area (Å²) in [6.45, 7) is 3.19. The van der Waals surface area contributed by atoms with Crippen molar-refractivity contribution in [2.24, 2.45) is 0 Å². The van der Waals surface area contributed by atoms with E-state index in [-0.39, 0.29) is 18.4 Å². The fraction of sp³-hybridized carbons (Fsp3) is 0.357. The van der Waals surface area contributed by atoms with E-state index in [4.69, 9.17) is 10.00 Å². The van der Waals surface area contributed by atoms with Crippen LogP contribution < -0.4 is 15.0 Å². The number of fused-ring (bicyclic) bond motifs is 1. The maximum atomic E-state index is 12.4. The lowest BCUT2D eigenvalue weighted by atomic mass is 10.0. The van der Waals surface area contributed by atoms with Crippen LogP contribution >= 0.6 is 0 Å². The molecule has 1 N–H and O–H groups in total. The molecule has 0 saturated carbocycles. The number of amides is 2. The molecule has 0 aromatic heterocycles. The quantitative estimate of drug-likeness (QED) is 0.864. The Morgan fingerprint density at radius 2 is 2.20 bits per heavy atom. The van der Waals surface area contributed by atoms with Crippen molar-refractivity contribution >= 4 is 17.5 Å². The Morgan fingerprint density at radius 3 is 2.80 bits per heavy atom. The third-order valence-electron chi connectivity index (χ3n) is 3.08. The third kappa shape index (κ3) is 2.30. The largest absolute Gasteiger partial charge is 0.476 e. The minimum atomic E-state index is -1.05. The van der Waals surface area contributed by atoms with Crippen molar-refractivity contribution in [1.29, 1.82) is 5.26 Å². The van der Waals surface area contributed by atoms with Gasteiger partial charge in [0.05, 0.1) is 17.3 Å². The number of ether oxygens (including phenoxy) is 1. The Balaban J connectivity index is 2.51. The van der Waals surface area contributed by atoms with Crippen molar-refractivity contribution in [1.82, 2.24) is 5.32 Å². The number of rotatable bonds is 2. The van der Waals surface area contributed by atoms with E-state index in [0.717, 1.165) is 0 Å². The van der Waals surface area contributed by atoms with Gasteiger partial charge in [-0.05, 0) is 32.0 Å². The Morgan fingerprint density at radius 1 is 1.50 bits per heavy atom. The van der Waals surface area contributed by atoms with E-state index in [1.165, 1.54) is 11.9 Å². The lowest BCUT2D eigenvalue weighted by molar-refractivity contribution is -0.134. The SMILES string of the molecule is CNC(=O)CN1C(=O)C(C)(C)Oc2ccc(C#N)cc21. The van der Waals surface area contributed by atoms with Crippen LogP contribution in [0.2, 0.25) is 0 Å². The van der Waals surface area contributed by atoms with Gasteiger partial charge in [-0.1, -0.05) is 0 Å². The number of nitriles is 1. The van der Waals surface area contributed by atoms with Crippen LogP contribution in [0.3, 0.4) is 0 Å². The maximum absolute atomic E-state index is 12.4. The number of carbonyl (C=O) groups is 2. The van der Waals surface area contributed by atoms with E-state index in [1.807, 2.05) is 6.07 Å². The summed E-state index contributed by atoms with van der Waals surface area (Å²) in [5.41, 5.74) is -0.200. The van der Waals surface area contributed by atoms with Crippen LogP contribution in [0.1, 0.15) is 19.4 Å². The second kappa shape index (κ2) is 4.85. The molecule has 2 rings (SSSR count). The van der Waals surface area contributed by atoms with Gasteiger partial charge in [0.1, 0.15) is 12.3 Å². The minimum Gasteiger partial charge on any atom is -0.476 e. The van der Waals surface area contributed by atoms with E-state index in [0.29, 0.717) is 17.0 Å². The molecule has 6 heteroatoms. The summed E-state index contributed by atoms with van der Waals surface area (Å²) in [6, 6.07) is 6.81. The number of nitrogens with zero attached hydrogens (tertiary/aromatic N) is 2. The van der Waals surface area contributed by atoms with Crippen LogP contribution in [0, 0.1) is 11.3 Å². The number of hydrogen-bond donors (Lipinski definition) is 1. The van der Waals surface area contributed by atoms with Gasteiger partial charge < -0.3 is 10.1 Å². The molecule has 6 nitrogen and oxygen atoms in total. The van der Waals surface area contributed by atoms with Gasteiger partial charge >= 0.3 is 0 Å². The molecular formula is C14H15N3O3. The highest BCUT2D eigenvalue weighted by atomic mass is 16.5. The second-order valence-electron chi connectivity index (χ2n) is 4.97. The number of nitrogens with one attached hydrogen (secondary N) is 1. The van der Waals surface area contributed by atoms with E-state index in [1.54, 1.807) is 32.0 Å². The van der Waals surface area contributed by atoms with Gasteiger partial charge in [0, 0.05) is 7.05 Å². The van der Waals surface area contributed by atoms with Crippen LogP contribution in [-0.2, 0) is 9.59 Å². The zero-order valence-corrected chi connectivity index (χ0v) is 11.6. The first kappa shape index (κ1) is 13.9. The van der Waals surface area contributed by atoms with Crippen molar-refractivity contribution in [3.63, 3.8) is 0 Å². The first-order valence-corrected chi connectivity index (χ1v) is 6.15. The number of anilines is 1. The van der Waals surface area contributed by atoms with E-state index >= 15 is 0 Å². The van der Waals surface area contributed by atoms with Gasteiger partial charge in [-0.15, -0.1) is 0 Å². The zero-order valence-electron chi connectivity index (χ0n) is 11.6. The van der Waals surface area contributed by atoms with Crippen LogP contribution in [-0.4, -0.2) is 31.0 Å². The summed E-state index contributed by atoms with van der Waals surface area (Å²) in [7, 11) is 1.50. The number of benzene rings is 1. The molecule has 0 fully saturated rings. The fourth-order valence-electron chi connectivity index (χ4n) is 2.02. The lowest BCUT2D eigenvalue weighted by Crippen LogP contribution is -2.54. The molecule has 1 aromatic carbocycles. The van der Waals surface area contributed by atoms with E-state index < -0.39 is 5.60 Å². The molecule has 2 amide bonds. The highest BCUT2D eigenvalue weighted by Crippen LogP contribution is 2.38. The Hall–Kier alpha value is -2.55. The summed E-state index contributed by atoms with van der Waals surface area (Å²) in [5, 5.41) is 11.4. The Labute approximate surface area is 116 Å². The van der Waals surface area contributed by atoms with Crippen LogP contribution in [0.4, 0.5) is 5.69 Å². The lowest BCUT2D eigenvalue weighted by Gasteiger charge is -2.38. The zero-order chi connectivity index (χ0) is 14.9. The van der Waals surface area contributed by atoms with Gasteiger partial charge in [0.15, 0.2) is 5.60 Å². The average molecular weight is 273 g/mol. The van der Waals surface area contributed by atoms with Gasteiger partial charge in [0.25, 0.3) is 5.91 Å². The number of carbonyl (C=O) groups excluding carboxylic acids is 2. The van der Waals surface area contributed by atoms with Gasteiger partial charge in [-0.3, -0.25) is 14.5 Å². The number of hydrogen-bond acceptors (Lipinski definition) is 4. The van der Waals surface area contributed by atoms with E-state index in [9.17, 15) is 9.59 Å². The topological polar surface area (TPSA) is 82.4 Å². The molecule has 0 aliphatic carbocycles. The van der Waals surface area contributed by atoms with E-state index in [2.05, 4.69) is 5.32 Å². The predicted octanol–water partition coefficient (Wildman–Crippen LogP) is 0.808. The number of likely N-dealkylation sites (N-methyl/N-ethyl adjacent to an activating group) is 1. The summed E-state index contributed by atoms with van der Waals surface area (Å²) in [4.78, 5) is 25.3. The maximum Gasteiger partial charge on any atom is 0.271 e. The summed E-state index contributed by atoms with van der Waals surface area (Å²) in [6.07, 6.45) is 0. The molecule has 0 saturated heterocycles. The summed E-state index contributed by atoms with van der Waals surface area (Å²) >= 11 is 0. The molecule has 0 unspecified atom stereocenters. The predicted molar refractivity (Wildman–Crippen MR) is 72.3 cm³/mol.